The lowest BCUT2D eigenvalue weighted by atomic mass is 9.63. The van der Waals surface area contributed by atoms with Crippen LogP contribution in [0, 0.1) is 62.2 Å². The van der Waals surface area contributed by atoms with Crippen LogP contribution in [0.4, 0.5) is 11.4 Å². The molecule has 0 radical (unpaired) electrons. The van der Waals surface area contributed by atoms with Gasteiger partial charge in [0.25, 0.3) is 0 Å². The average molecular weight is 511 g/mol. The predicted octanol–water partition coefficient (Wildman–Crippen LogP) is 4.13. The molecule has 2 heterocycles. The van der Waals surface area contributed by atoms with Crippen LogP contribution in [0.2, 0.25) is 0 Å². The molecule has 0 spiro atoms. The van der Waals surface area contributed by atoms with E-state index in [0.29, 0.717) is 28.8 Å². The number of imide groups is 1. The second-order valence-electron chi connectivity index (χ2n) is 11.8. The number of esters is 1. The van der Waals surface area contributed by atoms with E-state index in [1.807, 2.05) is 39.0 Å². The molecule has 2 saturated carbocycles. The van der Waals surface area contributed by atoms with E-state index >= 15 is 0 Å². The first-order valence-electron chi connectivity index (χ1n) is 13.5. The van der Waals surface area contributed by atoms with Crippen LogP contribution in [0.25, 0.3) is 0 Å². The van der Waals surface area contributed by atoms with Gasteiger partial charge in [0.15, 0.2) is 0 Å². The minimum Gasteiger partial charge on any atom is -0.426 e. The number of rotatable bonds is 4. The maximum absolute atomic E-state index is 13.5. The van der Waals surface area contributed by atoms with Gasteiger partial charge in [-0.25, -0.2) is 4.90 Å². The van der Waals surface area contributed by atoms with Crippen molar-refractivity contribution in [1.82, 2.24) is 0 Å². The molecule has 2 aliphatic heterocycles. The number of ether oxygens (including phenoxy) is 1. The average Bonchev–Trinajstić information content (AvgIpc) is 3.54. The van der Waals surface area contributed by atoms with Crippen LogP contribution in [-0.4, -0.2) is 30.2 Å². The fraction of sp³-hybridized carbons (Fsp3) is 0.419. The molecular formula is C31H30N2O5. The van der Waals surface area contributed by atoms with Gasteiger partial charge in [0.1, 0.15) is 5.75 Å². The number of amides is 3. The summed E-state index contributed by atoms with van der Waals surface area (Å²) in [5, 5.41) is 0. The van der Waals surface area contributed by atoms with Crippen molar-refractivity contribution < 1.29 is 23.9 Å². The van der Waals surface area contributed by atoms with Gasteiger partial charge < -0.3 is 9.64 Å². The Balaban J connectivity index is 1.06. The molecular weight excluding hydrogens is 480 g/mol. The molecule has 6 aliphatic rings. The number of benzene rings is 2. The Morgan fingerprint density at radius 3 is 2.11 bits per heavy atom. The fourth-order valence-corrected chi connectivity index (χ4v) is 7.56. The van der Waals surface area contributed by atoms with Crippen LogP contribution < -0.4 is 14.5 Å². The van der Waals surface area contributed by atoms with Gasteiger partial charge in [-0.3, -0.25) is 19.2 Å². The Morgan fingerprint density at radius 1 is 0.868 bits per heavy atom. The molecule has 0 aromatic heterocycles. The van der Waals surface area contributed by atoms with E-state index in [4.69, 9.17) is 4.74 Å². The first kappa shape index (κ1) is 23.4. The summed E-state index contributed by atoms with van der Waals surface area (Å²) in [4.78, 5) is 55.6. The molecule has 0 N–H and O–H groups in total. The van der Waals surface area contributed by atoms with E-state index in [9.17, 15) is 19.2 Å². The molecule has 7 nitrogen and oxygen atoms in total. The zero-order chi connectivity index (χ0) is 26.5. The smallest absolute Gasteiger partial charge is 0.316 e. The highest BCUT2D eigenvalue weighted by Gasteiger charge is 2.67. The van der Waals surface area contributed by atoms with Crippen molar-refractivity contribution in [2.45, 2.75) is 33.6 Å². The number of hydrogen-bond acceptors (Lipinski definition) is 5. The van der Waals surface area contributed by atoms with Gasteiger partial charge in [-0.05, 0) is 97.9 Å². The molecule has 2 aromatic carbocycles. The number of nitrogens with zero attached hydrogens (tertiary/aromatic N) is 2. The fourth-order valence-electron chi connectivity index (χ4n) is 7.56. The Kier molecular flexibility index (Phi) is 5.00. The second-order valence-corrected chi connectivity index (χ2v) is 11.8. The van der Waals surface area contributed by atoms with E-state index in [1.165, 1.54) is 4.90 Å². The maximum Gasteiger partial charge on any atom is 0.316 e. The highest BCUT2D eigenvalue weighted by molar-refractivity contribution is 6.23. The third kappa shape index (κ3) is 3.40. The summed E-state index contributed by atoms with van der Waals surface area (Å²) in [6.45, 7) is 6.06. The molecule has 4 aliphatic carbocycles. The summed E-state index contributed by atoms with van der Waals surface area (Å²) in [6, 6.07) is 11.0. The molecule has 2 saturated heterocycles. The largest absolute Gasteiger partial charge is 0.426 e. The number of aryl methyl sites for hydroxylation is 3. The Morgan fingerprint density at radius 2 is 1.50 bits per heavy atom. The van der Waals surface area contributed by atoms with Gasteiger partial charge in [-0.15, -0.1) is 0 Å². The van der Waals surface area contributed by atoms with Crippen LogP contribution in [0.1, 0.15) is 29.5 Å². The number of carbonyl (C=O) groups excluding carboxylic acids is 4. The number of anilines is 2. The van der Waals surface area contributed by atoms with Crippen molar-refractivity contribution in [2.75, 3.05) is 16.3 Å². The lowest BCUT2D eigenvalue weighted by Gasteiger charge is -2.37. The predicted molar refractivity (Wildman–Crippen MR) is 140 cm³/mol. The lowest BCUT2D eigenvalue weighted by molar-refractivity contribution is -0.139. The normalized spacial score (nSPS) is 32.6. The molecule has 2 bridgehead atoms. The topological polar surface area (TPSA) is 84.0 Å². The Labute approximate surface area is 221 Å². The van der Waals surface area contributed by atoms with Crippen molar-refractivity contribution in [3.05, 3.63) is 65.2 Å². The Hall–Kier alpha value is -3.74. The van der Waals surface area contributed by atoms with Gasteiger partial charge in [-0.2, -0.15) is 0 Å². The number of carbonyl (C=O) groups is 4. The van der Waals surface area contributed by atoms with Crippen LogP contribution >= 0.6 is 0 Å². The summed E-state index contributed by atoms with van der Waals surface area (Å²) in [5.41, 5.74) is 4.16. The summed E-state index contributed by atoms with van der Waals surface area (Å²) in [7, 11) is 0. The second kappa shape index (κ2) is 8.13. The first-order valence-corrected chi connectivity index (χ1v) is 13.5. The molecule has 7 atom stereocenters. The SMILES string of the molecule is Cc1cc(C)cc(N2C[C@H](C(=O)Oc3ccc(N4C(=O)[C@@H]5[C@H]6C=C[C@@H]([C@@H]7C[C@H]67)[C@@H]5C4=O)c(C)c3)CC2=O)c1. The monoisotopic (exact) mass is 510 g/mol. The summed E-state index contributed by atoms with van der Waals surface area (Å²) < 4.78 is 5.67. The highest BCUT2D eigenvalue weighted by atomic mass is 16.5. The van der Waals surface area contributed by atoms with Crippen molar-refractivity contribution in [3.8, 4) is 5.75 Å². The molecule has 4 fully saturated rings. The van der Waals surface area contributed by atoms with E-state index in [1.54, 1.807) is 23.1 Å². The molecule has 3 amide bonds. The lowest BCUT2D eigenvalue weighted by Crippen LogP contribution is -2.40. The quantitative estimate of drug-likeness (QED) is 0.267. The summed E-state index contributed by atoms with van der Waals surface area (Å²) in [6.07, 6.45) is 5.56. The van der Waals surface area contributed by atoms with Crippen molar-refractivity contribution in [1.29, 1.82) is 0 Å². The van der Waals surface area contributed by atoms with Gasteiger partial charge >= 0.3 is 5.97 Å². The van der Waals surface area contributed by atoms with E-state index in [0.717, 1.165) is 23.2 Å². The standard InChI is InChI=1S/C31H30N2O5/c1-15-8-16(2)10-19(9-15)32-14-18(12-26(32)34)31(37)38-20-4-7-25(17(3)11-20)33-29(35)27-21-5-6-22(24-13-23(21)24)28(27)30(33)36/h4-11,18,21-24,27-28H,12-14H2,1-3H3/t18-,21+,22+,23-,24+,27-,28+/m1/s1. The van der Waals surface area contributed by atoms with Crippen LogP contribution in [-0.2, 0) is 19.2 Å². The maximum atomic E-state index is 13.5. The summed E-state index contributed by atoms with van der Waals surface area (Å²) >= 11 is 0. The van der Waals surface area contributed by atoms with Gasteiger partial charge in [-0.1, -0.05) is 18.2 Å². The number of hydrogen-bond donors (Lipinski definition) is 0. The van der Waals surface area contributed by atoms with Gasteiger partial charge in [0.2, 0.25) is 17.7 Å². The van der Waals surface area contributed by atoms with E-state index in [2.05, 4.69) is 12.2 Å². The molecule has 0 unspecified atom stereocenters. The van der Waals surface area contributed by atoms with Crippen molar-refractivity contribution in [2.24, 2.45) is 41.4 Å². The molecule has 8 rings (SSSR count). The van der Waals surface area contributed by atoms with Crippen molar-refractivity contribution in [3.63, 3.8) is 0 Å². The minimum absolute atomic E-state index is 0.0980. The third-order valence-corrected chi connectivity index (χ3v) is 9.27. The third-order valence-electron chi connectivity index (χ3n) is 9.27. The molecule has 38 heavy (non-hydrogen) atoms. The highest BCUT2D eigenvalue weighted by Crippen LogP contribution is 2.65. The van der Waals surface area contributed by atoms with Crippen LogP contribution in [0.15, 0.2) is 48.6 Å². The number of allylic oxidation sites excluding steroid dienone is 2. The minimum atomic E-state index is -0.567. The molecule has 2 aromatic rings. The van der Waals surface area contributed by atoms with E-state index < -0.39 is 11.9 Å². The molecule has 194 valence electrons. The molecule has 7 heteroatoms. The van der Waals surface area contributed by atoms with Gasteiger partial charge in [0, 0.05) is 18.7 Å². The van der Waals surface area contributed by atoms with Crippen molar-refractivity contribution >= 4 is 35.1 Å². The van der Waals surface area contributed by atoms with E-state index in [-0.39, 0.29) is 54.4 Å². The first-order chi connectivity index (χ1) is 18.2. The Bertz CT molecular complexity index is 1400. The zero-order valence-electron chi connectivity index (χ0n) is 21.7. The zero-order valence-corrected chi connectivity index (χ0v) is 21.7. The summed E-state index contributed by atoms with van der Waals surface area (Å²) in [5.74, 6) is -0.0354. The van der Waals surface area contributed by atoms with Crippen LogP contribution in [0.5, 0.6) is 5.75 Å². The van der Waals surface area contributed by atoms with Crippen LogP contribution in [0.3, 0.4) is 0 Å². The van der Waals surface area contributed by atoms with Gasteiger partial charge in [0.05, 0.1) is 23.4 Å².